The lowest BCUT2D eigenvalue weighted by molar-refractivity contribution is 0.0710. The summed E-state index contributed by atoms with van der Waals surface area (Å²) in [5, 5.41) is 3.08. The van der Waals surface area contributed by atoms with Crippen molar-refractivity contribution in [1.82, 2.24) is 15.3 Å². The van der Waals surface area contributed by atoms with Gasteiger partial charge in [0.2, 0.25) is 0 Å². The highest BCUT2D eigenvalue weighted by atomic mass is 16.1. The molecule has 0 saturated heterocycles. The molecule has 1 aromatic rings. The van der Waals surface area contributed by atoms with Crippen LogP contribution in [0.25, 0.3) is 0 Å². The lowest BCUT2D eigenvalue weighted by Crippen LogP contribution is -2.46. The molecule has 0 aromatic carbocycles. The fraction of sp³-hybridized carbons (Fsp3) is 0.667. The normalized spacial score (nSPS) is 21.4. The lowest BCUT2D eigenvalue weighted by Gasteiger charge is -2.45. The summed E-state index contributed by atoms with van der Waals surface area (Å²) < 4.78 is 0. The molecule has 110 valence electrons. The van der Waals surface area contributed by atoms with Crippen molar-refractivity contribution in [3.63, 3.8) is 0 Å². The summed E-state index contributed by atoms with van der Waals surface area (Å²) in [7, 11) is 0. The Morgan fingerprint density at radius 3 is 2.40 bits per heavy atom. The summed E-state index contributed by atoms with van der Waals surface area (Å²) in [6, 6.07) is 0.171. The van der Waals surface area contributed by atoms with E-state index in [-0.39, 0.29) is 34.3 Å². The summed E-state index contributed by atoms with van der Waals surface area (Å²) >= 11 is 0. The first-order valence-electron chi connectivity index (χ1n) is 7.05. The molecule has 1 aliphatic carbocycles. The van der Waals surface area contributed by atoms with Gasteiger partial charge in [0.1, 0.15) is 11.5 Å². The average Bonchev–Trinajstić information content (AvgIpc) is 2.24. The van der Waals surface area contributed by atoms with Gasteiger partial charge in [0.05, 0.1) is 12.4 Å². The summed E-state index contributed by atoms with van der Waals surface area (Å²) in [6.07, 6.45) is 6.02. The number of hydrogen-bond acceptors (Lipinski definition) is 4. The molecule has 1 amide bonds. The Kier molecular flexibility index (Phi) is 3.71. The number of nitrogen functional groups attached to an aromatic ring is 1. The molecule has 0 radical (unpaired) electrons. The van der Waals surface area contributed by atoms with Gasteiger partial charge in [0.25, 0.3) is 5.91 Å². The predicted octanol–water partition coefficient (Wildman–Crippen LogP) is 2.39. The van der Waals surface area contributed by atoms with E-state index in [2.05, 4.69) is 43.0 Å². The van der Waals surface area contributed by atoms with Crippen LogP contribution in [-0.4, -0.2) is 21.9 Å². The number of amides is 1. The van der Waals surface area contributed by atoms with E-state index in [1.165, 1.54) is 18.8 Å². The van der Waals surface area contributed by atoms with Gasteiger partial charge in [-0.3, -0.25) is 9.78 Å². The second-order valence-corrected chi connectivity index (χ2v) is 7.41. The molecule has 1 fully saturated rings. The maximum absolute atomic E-state index is 12.2. The molecule has 1 aromatic heterocycles. The largest absolute Gasteiger partial charge is 0.382 e. The number of anilines is 1. The summed E-state index contributed by atoms with van der Waals surface area (Å²) in [5.41, 5.74) is 6.32. The third-order valence-electron chi connectivity index (χ3n) is 3.78. The minimum absolute atomic E-state index is 0.171. The molecule has 1 heterocycles. The van der Waals surface area contributed by atoms with E-state index in [0.29, 0.717) is 0 Å². The first-order valence-corrected chi connectivity index (χ1v) is 7.05. The molecular weight excluding hydrogens is 252 g/mol. The second-order valence-electron chi connectivity index (χ2n) is 7.41. The summed E-state index contributed by atoms with van der Waals surface area (Å²) in [6.45, 7) is 9.03. The van der Waals surface area contributed by atoms with E-state index in [1.807, 2.05) is 0 Å². The summed E-state index contributed by atoms with van der Waals surface area (Å²) in [5.74, 6) is 0.0743. The van der Waals surface area contributed by atoms with E-state index in [9.17, 15) is 4.79 Å². The van der Waals surface area contributed by atoms with Crippen molar-refractivity contribution in [1.29, 1.82) is 0 Å². The second kappa shape index (κ2) is 5.04. The van der Waals surface area contributed by atoms with Gasteiger partial charge in [0, 0.05) is 6.04 Å². The highest BCUT2D eigenvalue weighted by molar-refractivity contribution is 5.92. The number of carbonyl (C=O) groups is 1. The first-order chi connectivity index (χ1) is 9.17. The molecule has 3 N–H and O–H groups in total. The number of carbonyl (C=O) groups excluding carboxylic acids is 1. The fourth-order valence-corrected chi connectivity index (χ4v) is 3.70. The zero-order chi connectivity index (χ0) is 15.0. The van der Waals surface area contributed by atoms with Crippen LogP contribution in [0.1, 0.15) is 57.4 Å². The number of nitrogens with zero attached hydrogens (tertiary/aromatic N) is 2. The van der Waals surface area contributed by atoms with Crippen LogP contribution in [0.3, 0.4) is 0 Å². The number of rotatable bonds is 2. The van der Waals surface area contributed by atoms with Crippen LogP contribution < -0.4 is 11.1 Å². The minimum Gasteiger partial charge on any atom is -0.382 e. The van der Waals surface area contributed by atoms with Crippen LogP contribution in [0.5, 0.6) is 0 Å². The predicted molar refractivity (Wildman–Crippen MR) is 79.1 cm³/mol. The van der Waals surface area contributed by atoms with Crippen molar-refractivity contribution in [2.75, 3.05) is 5.73 Å². The topological polar surface area (TPSA) is 80.9 Å². The van der Waals surface area contributed by atoms with Gasteiger partial charge in [-0.15, -0.1) is 0 Å². The molecule has 0 atom stereocenters. The zero-order valence-electron chi connectivity index (χ0n) is 12.7. The Hall–Kier alpha value is -1.65. The zero-order valence-corrected chi connectivity index (χ0v) is 12.7. The third-order valence-corrected chi connectivity index (χ3v) is 3.78. The van der Waals surface area contributed by atoms with Crippen molar-refractivity contribution >= 4 is 11.7 Å². The Bertz CT molecular complexity index is 494. The van der Waals surface area contributed by atoms with Crippen LogP contribution in [0.2, 0.25) is 0 Å². The maximum atomic E-state index is 12.2. The highest BCUT2D eigenvalue weighted by Crippen LogP contribution is 2.45. The van der Waals surface area contributed by atoms with E-state index in [1.54, 1.807) is 0 Å². The van der Waals surface area contributed by atoms with Gasteiger partial charge < -0.3 is 11.1 Å². The highest BCUT2D eigenvalue weighted by Gasteiger charge is 2.39. The van der Waals surface area contributed by atoms with Crippen LogP contribution in [0.4, 0.5) is 5.82 Å². The van der Waals surface area contributed by atoms with Crippen LogP contribution in [-0.2, 0) is 0 Å². The van der Waals surface area contributed by atoms with Gasteiger partial charge in [0.15, 0.2) is 0 Å². The minimum atomic E-state index is -0.191. The molecule has 0 spiro atoms. The smallest absolute Gasteiger partial charge is 0.271 e. The standard InChI is InChI=1S/C15H24N4O/c1-14(2)5-10(6-15(3,4)9-14)18-13(20)11-7-17-8-12(16)19-11/h7-8,10H,5-6,9H2,1-4H3,(H2,16,19)(H,18,20). The lowest BCUT2D eigenvalue weighted by atomic mass is 9.63. The van der Waals surface area contributed by atoms with E-state index in [0.717, 1.165) is 12.8 Å². The van der Waals surface area contributed by atoms with E-state index < -0.39 is 0 Å². The van der Waals surface area contributed by atoms with Crippen molar-refractivity contribution in [3.8, 4) is 0 Å². The van der Waals surface area contributed by atoms with Gasteiger partial charge in [-0.1, -0.05) is 27.7 Å². The SMILES string of the molecule is CC1(C)CC(NC(=O)c2cncc(N)n2)CC(C)(C)C1. The molecule has 5 heteroatoms. The Labute approximate surface area is 120 Å². The first kappa shape index (κ1) is 14.8. The third kappa shape index (κ3) is 3.68. The van der Waals surface area contributed by atoms with Gasteiger partial charge >= 0.3 is 0 Å². The van der Waals surface area contributed by atoms with E-state index in [4.69, 9.17) is 5.73 Å². The summed E-state index contributed by atoms with van der Waals surface area (Å²) in [4.78, 5) is 20.1. The maximum Gasteiger partial charge on any atom is 0.271 e. The fourth-order valence-electron chi connectivity index (χ4n) is 3.70. The van der Waals surface area contributed by atoms with Gasteiger partial charge in [-0.25, -0.2) is 4.98 Å². The quantitative estimate of drug-likeness (QED) is 0.869. The molecule has 5 nitrogen and oxygen atoms in total. The Morgan fingerprint density at radius 1 is 1.25 bits per heavy atom. The Morgan fingerprint density at radius 2 is 1.85 bits per heavy atom. The molecular formula is C15H24N4O. The Balaban J connectivity index is 2.08. The molecule has 0 bridgehead atoms. The monoisotopic (exact) mass is 276 g/mol. The molecule has 0 unspecified atom stereocenters. The van der Waals surface area contributed by atoms with Gasteiger partial charge in [-0.2, -0.15) is 0 Å². The van der Waals surface area contributed by atoms with Crippen LogP contribution >= 0.6 is 0 Å². The van der Waals surface area contributed by atoms with Gasteiger partial charge in [-0.05, 0) is 30.1 Å². The van der Waals surface area contributed by atoms with Crippen molar-refractivity contribution in [3.05, 3.63) is 18.1 Å². The number of nitrogens with two attached hydrogens (primary N) is 1. The number of nitrogens with one attached hydrogen (secondary N) is 1. The molecule has 1 aliphatic rings. The molecule has 1 saturated carbocycles. The molecule has 0 aliphatic heterocycles. The van der Waals surface area contributed by atoms with Crippen molar-refractivity contribution < 1.29 is 4.79 Å². The van der Waals surface area contributed by atoms with Crippen LogP contribution in [0.15, 0.2) is 12.4 Å². The van der Waals surface area contributed by atoms with E-state index >= 15 is 0 Å². The molecule has 2 rings (SSSR count). The molecule has 20 heavy (non-hydrogen) atoms. The van der Waals surface area contributed by atoms with Crippen molar-refractivity contribution in [2.45, 2.75) is 53.0 Å². The number of aromatic nitrogens is 2. The van der Waals surface area contributed by atoms with Crippen molar-refractivity contribution in [2.24, 2.45) is 10.8 Å². The average molecular weight is 276 g/mol. The van der Waals surface area contributed by atoms with Crippen LogP contribution in [0, 0.1) is 10.8 Å². The number of hydrogen-bond donors (Lipinski definition) is 2.